The molecule has 1 aliphatic rings. The summed E-state index contributed by atoms with van der Waals surface area (Å²) in [4.78, 5) is 4.20. The zero-order valence-corrected chi connectivity index (χ0v) is 8.64. The smallest absolute Gasteiger partial charge is 0.167 e. The molecule has 78 valence electrons. The molecule has 0 aliphatic heterocycles. The van der Waals surface area contributed by atoms with Crippen LogP contribution < -0.4 is 11.1 Å². The minimum atomic E-state index is 0.216. The van der Waals surface area contributed by atoms with Crippen molar-refractivity contribution in [3.05, 3.63) is 12.2 Å². The molecular weight excluding hydrogens is 178 g/mol. The molecule has 1 saturated carbocycles. The van der Waals surface area contributed by atoms with Crippen LogP contribution in [0.5, 0.6) is 0 Å². The van der Waals surface area contributed by atoms with Crippen LogP contribution in [0.4, 0.5) is 0 Å². The summed E-state index contributed by atoms with van der Waals surface area (Å²) < 4.78 is 1.72. The molecule has 1 unspecified atom stereocenters. The second kappa shape index (κ2) is 3.67. The first kappa shape index (κ1) is 9.61. The van der Waals surface area contributed by atoms with Crippen molar-refractivity contribution in [2.75, 3.05) is 0 Å². The van der Waals surface area contributed by atoms with Crippen LogP contribution in [0.1, 0.15) is 31.6 Å². The highest BCUT2D eigenvalue weighted by atomic mass is 15.3. The van der Waals surface area contributed by atoms with Crippen LogP contribution in [0.3, 0.4) is 0 Å². The van der Waals surface area contributed by atoms with E-state index in [-0.39, 0.29) is 6.04 Å². The SMILES string of the molecule is CC(NC1CC(N)C1)c1ncn(C)n1. The lowest BCUT2D eigenvalue weighted by Crippen LogP contribution is -2.49. The van der Waals surface area contributed by atoms with Crippen molar-refractivity contribution in [2.24, 2.45) is 12.8 Å². The number of nitrogens with one attached hydrogen (secondary N) is 1. The second-order valence-corrected chi connectivity index (χ2v) is 4.09. The van der Waals surface area contributed by atoms with Crippen LogP contribution in [-0.2, 0) is 7.05 Å². The van der Waals surface area contributed by atoms with Gasteiger partial charge in [-0.1, -0.05) is 0 Å². The van der Waals surface area contributed by atoms with Crippen LogP contribution in [-0.4, -0.2) is 26.8 Å². The quantitative estimate of drug-likeness (QED) is 0.710. The Morgan fingerprint density at radius 1 is 1.64 bits per heavy atom. The molecule has 0 radical (unpaired) electrons. The molecule has 1 atom stereocenters. The first-order valence-electron chi connectivity index (χ1n) is 5.02. The minimum absolute atomic E-state index is 0.216. The van der Waals surface area contributed by atoms with Gasteiger partial charge in [-0.2, -0.15) is 5.10 Å². The lowest BCUT2D eigenvalue weighted by atomic mass is 9.87. The summed E-state index contributed by atoms with van der Waals surface area (Å²) in [6.07, 6.45) is 3.86. The van der Waals surface area contributed by atoms with Gasteiger partial charge in [0.25, 0.3) is 0 Å². The lowest BCUT2D eigenvalue weighted by Gasteiger charge is -2.34. The number of hydrogen-bond donors (Lipinski definition) is 2. The molecule has 5 heteroatoms. The highest BCUT2D eigenvalue weighted by Crippen LogP contribution is 2.20. The van der Waals surface area contributed by atoms with Gasteiger partial charge in [0.05, 0.1) is 6.04 Å². The third-order valence-corrected chi connectivity index (χ3v) is 2.66. The zero-order valence-electron chi connectivity index (χ0n) is 8.64. The Bertz CT molecular complexity index is 302. The zero-order chi connectivity index (χ0) is 10.1. The topological polar surface area (TPSA) is 68.8 Å². The van der Waals surface area contributed by atoms with E-state index in [2.05, 4.69) is 22.3 Å². The van der Waals surface area contributed by atoms with Crippen LogP contribution in [0.25, 0.3) is 0 Å². The van der Waals surface area contributed by atoms with Crippen molar-refractivity contribution in [1.82, 2.24) is 20.1 Å². The number of rotatable bonds is 3. The van der Waals surface area contributed by atoms with Crippen molar-refractivity contribution >= 4 is 0 Å². The Morgan fingerprint density at radius 2 is 2.36 bits per heavy atom. The fourth-order valence-electron chi connectivity index (χ4n) is 1.78. The average molecular weight is 195 g/mol. The molecule has 5 nitrogen and oxygen atoms in total. The van der Waals surface area contributed by atoms with Gasteiger partial charge in [-0.15, -0.1) is 0 Å². The Kier molecular flexibility index (Phi) is 2.52. The molecule has 3 N–H and O–H groups in total. The lowest BCUT2D eigenvalue weighted by molar-refractivity contribution is 0.269. The molecule has 0 aromatic carbocycles. The predicted octanol–water partition coefficient (Wildman–Crippen LogP) is -0.0446. The van der Waals surface area contributed by atoms with Crippen LogP contribution in [0.15, 0.2) is 6.33 Å². The molecule has 1 heterocycles. The van der Waals surface area contributed by atoms with Crippen LogP contribution in [0.2, 0.25) is 0 Å². The normalized spacial score (nSPS) is 28.5. The molecule has 2 rings (SSSR count). The number of hydrogen-bond acceptors (Lipinski definition) is 4. The van der Waals surface area contributed by atoms with E-state index >= 15 is 0 Å². The molecule has 1 aliphatic carbocycles. The molecule has 1 fully saturated rings. The Balaban J connectivity index is 1.86. The molecule has 1 aromatic heterocycles. The maximum atomic E-state index is 5.71. The van der Waals surface area contributed by atoms with Gasteiger partial charge >= 0.3 is 0 Å². The number of nitrogens with zero attached hydrogens (tertiary/aromatic N) is 3. The fourth-order valence-corrected chi connectivity index (χ4v) is 1.78. The fraction of sp³-hybridized carbons (Fsp3) is 0.778. The van der Waals surface area contributed by atoms with E-state index in [1.807, 2.05) is 7.05 Å². The number of aryl methyl sites for hydroxylation is 1. The second-order valence-electron chi connectivity index (χ2n) is 4.09. The summed E-state index contributed by atoms with van der Waals surface area (Å²) in [7, 11) is 1.88. The van der Waals surface area contributed by atoms with Gasteiger partial charge in [0, 0.05) is 19.1 Å². The summed E-state index contributed by atoms with van der Waals surface area (Å²) in [6.45, 7) is 2.08. The third kappa shape index (κ3) is 1.93. The molecule has 0 amide bonds. The van der Waals surface area contributed by atoms with Crippen molar-refractivity contribution in [3.63, 3.8) is 0 Å². The van der Waals surface area contributed by atoms with Gasteiger partial charge in [-0.3, -0.25) is 4.68 Å². The molecular formula is C9H17N5. The van der Waals surface area contributed by atoms with Gasteiger partial charge in [0.2, 0.25) is 0 Å². The van der Waals surface area contributed by atoms with Gasteiger partial charge < -0.3 is 11.1 Å². The first-order chi connectivity index (χ1) is 6.65. The van der Waals surface area contributed by atoms with Crippen LogP contribution >= 0.6 is 0 Å². The van der Waals surface area contributed by atoms with Crippen molar-refractivity contribution in [3.8, 4) is 0 Å². The minimum Gasteiger partial charge on any atom is -0.328 e. The van der Waals surface area contributed by atoms with E-state index in [0.717, 1.165) is 18.7 Å². The monoisotopic (exact) mass is 195 g/mol. The van der Waals surface area contributed by atoms with E-state index < -0.39 is 0 Å². The van der Waals surface area contributed by atoms with Gasteiger partial charge in [-0.05, 0) is 19.8 Å². The van der Waals surface area contributed by atoms with E-state index in [9.17, 15) is 0 Å². The molecule has 0 spiro atoms. The Labute approximate surface area is 83.7 Å². The third-order valence-electron chi connectivity index (χ3n) is 2.66. The summed E-state index contributed by atoms with van der Waals surface area (Å²) >= 11 is 0. The molecule has 1 aromatic rings. The maximum Gasteiger partial charge on any atom is 0.167 e. The van der Waals surface area contributed by atoms with E-state index in [0.29, 0.717) is 12.1 Å². The van der Waals surface area contributed by atoms with Crippen molar-refractivity contribution in [2.45, 2.75) is 37.9 Å². The van der Waals surface area contributed by atoms with Gasteiger partial charge in [-0.25, -0.2) is 4.98 Å². The molecule has 0 saturated heterocycles. The summed E-state index contributed by atoms with van der Waals surface area (Å²) in [5, 5.41) is 7.71. The standard InChI is InChI=1S/C9H17N5/c1-6(9-11-5-14(2)13-9)12-8-3-7(10)4-8/h5-8,12H,3-4,10H2,1-2H3. The highest BCUT2D eigenvalue weighted by molar-refractivity contribution is 4.95. The number of nitrogens with two attached hydrogens (primary N) is 1. The van der Waals surface area contributed by atoms with E-state index in [1.54, 1.807) is 11.0 Å². The summed E-state index contributed by atoms with van der Waals surface area (Å²) in [6, 6.07) is 1.15. The number of aromatic nitrogens is 3. The summed E-state index contributed by atoms with van der Waals surface area (Å²) in [5.74, 6) is 0.855. The van der Waals surface area contributed by atoms with E-state index in [1.165, 1.54) is 0 Å². The predicted molar refractivity (Wildman–Crippen MR) is 53.6 cm³/mol. The molecule has 14 heavy (non-hydrogen) atoms. The molecule has 0 bridgehead atoms. The Morgan fingerprint density at radius 3 is 2.86 bits per heavy atom. The average Bonchev–Trinajstić information content (AvgIpc) is 2.49. The highest BCUT2D eigenvalue weighted by Gasteiger charge is 2.27. The van der Waals surface area contributed by atoms with Crippen LogP contribution in [0, 0.1) is 0 Å². The summed E-state index contributed by atoms with van der Waals surface area (Å²) in [5.41, 5.74) is 5.71. The van der Waals surface area contributed by atoms with Gasteiger partial charge in [0.15, 0.2) is 5.82 Å². The largest absolute Gasteiger partial charge is 0.328 e. The maximum absolute atomic E-state index is 5.71. The first-order valence-corrected chi connectivity index (χ1v) is 5.02. The van der Waals surface area contributed by atoms with Gasteiger partial charge in [0.1, 0.15) is 6.33 Å². The van der Waals surface area contributed by atoms with E-state index in [4.69, 9.17) is 5.73 Å². The Hall–Kier alpha value is -0.940. The van der Waals surface area contributed by atoms with Crippen molar-refractivity contribution < 1.29 is 0 Å². The van der Waals surface area contributed by atoms with Crippen molar-refractivity contribution in [1.29, 1.82) is 0 Å².